The highest BCUT2D eigenvalue weighted by Crippen LogP contribution is 2.13. The maximum atomic E-state index is 11.7. The van der Waals surface area contributed by atoms with Gasteiger partial charge in [-0.3, -0.25) is 9.69 Å². The number of nitrogens with zero attached hydrogens (tertiary/aromatic N) is 2. The molecule has 4 nitrogen and oxygen atoms in total. The molecule has 1 aromatic rings. The second kappa shape index (κ2) is 7.11. The summed E-state index contributed by atoms with van der Waals surface area (Å²) in [6, 6.07) is 4.39. The van der Waals surface area contributed by atoms with Gasteiger partial charge in [0.1, 0.15) is 5.82 Å². The van der Waals surface area contributed by atoms with E-state index in [0.717, 1.165) is 18.8 Å². The molecule has 18 heavy (non-hydrogen) atoms. The van der Waals surface area contributed by atoms with Gasteiger partial charge in [-0.1, -0.05) is 20.8 Å². The van der Waals surface area contributed by atoms with Crippen molar-refractivity contribution in [2.45, 2.75) is 40.2 Å². The zero-order chi connectivity index (χ0) is 13.5. The lowest BCUT2D eigenvalue weighted by Crippen LogP contribution is -2.38. The molecule has 0 saturated heterocycles. The van der Waals surface area contributed by atoms with Crippen molar-refractivity contribution in [1.82, 2.24) is 10.3 Å². The van der Waals surface area contributed by atoms with Crippen LogP contribution in [0.25, 0.3) is 0 Å². The van der Waals surface area contributed by atoms with Gasteiger partial charge in [-0.2, -0.15) is 0 Å². The van der Waals surface area contributed by atoms with Gasteiger partial charge in [-0.15, -0.1) is 0 Å². The largest absolute Gasteiger partial charge is 0.313 e. The van der Waals surface area contributed by atoms with Crippen LogP contribution in [-0.4, -0.2) is 30.0 Å². The zero-order valence-corrected chi connectivity index (χ0v) is 11.7. The Bertz CT molecular complexity index is 390. The van der Waals surface area contributed by atoms with Crippen molar-refractivity contribution in [1.29, 1.82) is 0 Å². The molecule has 1 N–H and O–H groups in total. The van der Waals surface area contributed by atoms with Crippen LogP contribution in [0.2, 0.25) is 0 Å². The second-order valence-electron chi connectivity index (χ2n) is 4.66. The highest BCUT2D eigenvalue weighted by atomic mass is 16.2. The van der Waals surface area contributed by atoms with E-state index in [1.807, 2.05) is 12.1 Å². The quantitative estimate of drug-likeness (QED) is 0.838. The summed E-state index contributed by atoms with van der Waals surface area (Å²) < 4.78 is 0. The number of nitrogens with one attached hydrogen (secondary N) is 1. The van der Waals surface area contributed by atoms with Crippen LogP contribution >= 0.6 is 0 Å². The molecule has 1 aromatic heterocycles. The molecule has 1 heterocycles. The summed E-state index contributed by atoms with van der Waals surface area (Å²) in [5, 5.41) is 3.31. The molecule has 1 amide bonds. The van der Waals surface area contributed by atoms with Crippen LogP contribution in [0, 0.1) is 0 Å². The van der Waals surface area contributed by atoms with Crippen LogP contribution in [0.4, 0.5) is 5.82 Å². The first kappa shape index (κ1) is 14.6. The number of aryl methyl sites for hydroxylation is 1. The lowest BCUT2D eigenvalue weighted by molar-refractivity contribution is -0.116. The van der Waals surface area contributed by atoms with Crippen molar-refractivity contribution in [3.05, 3.63) is 23.9 Å². The predicted molar refractivity (Wildman–Crippen MR) is 74.8 cm³/mol. The number of carbonyl (C=O) groups excluding carboxylic acids is 1. The standard InChI is InChI=1S/C14H23N3O/c1-5-13-6-7-16-14(10-13)17(12(4)18)9-8-15-11(2)3/h6-7,10-11,15H,5,8-9H2,1-4H3. The van der Waals surface area contributed by atoms with Gasteiger partial charge >= 0.3 is 0 Å². The van der Waals surface area contributed by atoms with E-state index in [0.29, 0.717) is 12.6 Å². The third-order valence-electron chi connectivity index (χ3n) is 2.76. The highest BCUT2D eigenvalue weighted by molar-refractivity contribution is 5.90. The SMILES string of the molecule is CCc1ccnc(N(CCNC(C)C)C(C)=O)c1. The molecule has 0 aliphatic heterocycles. The van der Waals surface area contributed by atoms with Crippen LogP contribution < -0.4 is 10.2 Å². The number of hydrogen-bond acceptors (Lipinski definition) is 3. The normalized spacial score (nSPS) is 10.7. The Labute approximate surface area is 109 Å². The molecule has 0 aromatic carbocycles. The van der Waals surface area contributed by atoms with Gasteiger partial charge in [-0.25, -0.2) is 4.98 Å². The first-order chi connectivity index (χ1) is 8.54. The summed E-state index contributed by atoms with van der Waals surface area (Å²) in [4.78, 5) is 17.7. The number of aromatic nitrogens is 1. The fourth-order valence-electron chi connectivity index (χ4n) is 1.73. The van der Waals surface area contributed by atoms with E-state index in [-0.39, 0.29) is 5.91 Å². The molecular weight excluding hydrogens is 226 g/mol. The maximum Gasteiger partial charge on any atom is 0.225 e. The zero-order valence-electron chi connectivity index (χ0n) is 11.7. The van der Waals surface area contributed by atoms with Crippen molar-refractivity contribution in [3.63, 3.8) is 0 Å². The van der Waals surface area contributed by atoms with Crippen molar-refractivity contribution in [3.8, 4) is 0 Å². The first-order valence-electron chi connectivity index (χ1n) is 6.51. The molecule has 0 aliphatic carbocycles. The van der Waals surface area contributed by atoms with Gasteiger partial charge in [0.15, 0.2) is 0 Å². The number of hydrogen-bond donors (Lipinski definition) is 1. The third-order valence-corrected chi connectivity index (χ3v) is 2.76. The molecule has 0 bridgehead atoms. The average molecular weight is 249 g/mol. The molecular formula is C14H23N3O. The molecule has 0 unspecified atom stereocenters. The third kappa shape index (κ3) is 4.45. The van der Waals surface area contributed by atoms with Crippen molar-refractivity contribution >= 4 is 11.7 Å². The minimum Gasteiger partial charge on any atom is -0.313 e. The minimum atomic E-state index is 0.0290. The fraction of sp³-hybridized carbons (Fsp3) is 0.571. The van der Waals surface area contributed by atoms with Crippen LogP contribution in [-0.2, 0) is 11.2 Å². The van der Waals surface area contributed by atoms with Gasteiger partial charge in [-0.05, 0) is 24.1 Å². The monoisotopic (exact) mass is 249 g/mol. The summed E-state index contributed by atoms with van der Waals surface area (Å²) in [7, 11) is 0. The van der Waals surface area contributed by atoms with Crippen LogP contribution in [0.1, 0.15) is 33.3 Å². The second-order valence-corrected chi connectivity index (χ2v) is 4.66. The molecule has 0 spiro atoms. The highest BCUT2D eigenvalue weighted by Gasteiger charge is 2.12. The molecule has 0 saturated carbocycles. The van der Waals surface area contributed by atoms with E-state index in [1.165, 1.54) is 5.56 Å². The van der Waals surface area contributed by atoms with E-state index in [1.54, 1.807) is 18.0 Å². The smallest absolute Gasteiger partial charge is 0.225 e. The number of amides is 1. The molecule has 4 heteroatoms. The number of anilines is 1. The van der Waals surface area contributed by atoms with Crippen molar-refractivity contribution in [2.24, 2.45) is 0 Å². The Kier molecular flexibility index (Phi) is 5.78. The van der Waals surface area contributed by atoms with E-state index >= 15 is 0 Å². The molecule has 0 aliphatic rings. The van der Waals surface area contributed by atoms with E-state index < -0.39 is 0 Å². The van der Waals surface area contributed by atoms with Crippen molar-refractivity contribution < 1.29 is 4.79 Å². The number of carbonyl (C=O) groups is 1. The van der Waals surface area contributed by atoms with Gasteiger partial charge < -0.3 is 5.32 Å². The summed E-state index contributed by atoms with van der Waals surface area (Å²) in [5.41, 5.74) is 1.20. The van der Waals surface area contributed by atoms with Crippen LogP contribution in [0.5, 0.6) is 0 Å². The van der Waals surface area contributed by atoms with E-state index in [9.17, 15) is 4.79 Å². The first-order valence-corrected chi connectivity index (χ1v) is 6.51. The topological polar surface area (TPSA) is 45.2 Å². The predicted octanol–water partition coefficient (Wildman–Crippen LogP) is 1.99. The van der Waals surface area contributed by atoms with E-state index in [2.05, 4.69) is 31.1 Å². The van der Waals surface area contributed by atoms with Crippen molar-refractivity contribution in [2.75, 3.05) is 18.0 Å². The average Bonchev–Trinajstić information content (AvgIpc) is 2.34. The summed E-state index contributed by atoms with van der Waals surface area (Å²) >= 11 is 0. The minimum absolute atomic E-state index is 0.0290. The Morgan fingerprint density at radius 1 is 1.50 bits per heavy atom. The van der Waals surface area contributed by atoms with Gasteiger partial charge in [0, 0.05) is 32.3 Å². The fourth-order valence-corrected chi connectivity index (χ4v) is 1.73. The van der Waals surface area contributed by atoms with Crippen LogP contribution in [0.3, 0.4) is 0 Å². The molecule has 0 fully saturated rings. The molecule has 100 valence electrons. The van der Waals surface area contributed by atoms with Crippen LogP contribution in [0.15, 0.2) is 18.3 Å². The summed E-state index contributed by atoms with van der Waals surface area (Å²) in [5.74, 6) is 0.772. The number of rotatable bonds is 6. The molecule has 1 rings (SSSR count). The van der Waals surface area contributed by atoms with Gasteiger partial charge in [0.2, 0.25) is 5.91 Å². The molecule has 0 atom stereocenters. The Morgan fingerprint density at radius 2 is 2.22 bits per heavy atom. The Balaban J connectivity index is 2.74. The summed E-state index contributed by atoms with van der Waals surface area (Å²) in [6.45, 7) is 9.28. The number of pyridine rings is 1. The van der Waals surface area contributed by atoms with E-state index in [4.69, 9.17) is 0 Å². The summed E-state index contributed by atoms with van der Waals surface area (Å²) in [6.07, 6.45) is 2.71. The maximum absolute atomic E-state index is 11.7. The molecule has 0 radical (unpaired) electrons. The van der Waals surface area contributed by atoms with Gasteiger partial charge in [0.25, 0.3) is 0 Å². The van der Waals surface area contributed by atoms with Gasteiger partial charge in [0.05, 0.1) is 0 Å². The Morgan fingerprint density at radius 3 is 2.78 bits per heavy atom. The lowest BCUT2D eigenvalue weighted by Gasteiger charge is -2.21. The lowest BCUT2D eigenvalue weighted by atomic mass is 10.2. The Hall–Kier alpha value is -1.42.